The van der Waals surface area contributed by atoms with Gasteiger partial charge in [-0.05, 0) is 43.3 Å². The number of benzene rings is 2. The Bertz CT molecular complexity index is 1150. The molecule has 0 aliphatic rings. The average Bonchev–Trinajstić information content (AvgIpc) is 3.26. The molecule has 9 nitrogen and oxygen atoms in total. The maximum absolute atomic E-state index is 12.6. The van der Waals surface area contributed by atoms with Gasteiger partial charge >= 0.3 is 0 Å². The van der Waals surface area contributed by atoms with Crippen molar-refractivity contribution in [1.29, 1.82) is 0 Å². The number of allylic oxidation sites excluding steroid dienone is 1. The molecule has 10 heteroatoms. The summed E-state index contributed by atoms with van der Waals surface area (Å²) in [6.07, 6.45) is 1.71. The Morgan fingerprint density at radius 3 is 2.53 bits per heavy atom. The van der Waals surface area contributed by atoms with Crippen LogP contribution < -0.4 is 20.1 Å². The molecule has 3 aromatic rings. The molecule has 34 heavy (non-hydrogen) atoms. The number of hydrogen-bond acceptors (Lipinski definition) is 7. The predicted octanol–water partition coefficient (Wildman–Crippen LogP) is 3.70. The van der Waals surface area contributed by atoms with Crippen molar-refractivity contribution >= 4 is 29.3 Å². The molecule has 0 spiro atoms. The Morgan fingerprint density at radius 1 is 1.12 bits per heavy atom. The molecule has 0 saturated carbocycles. The lowest BCUT2D eigenvalue weighted by Gasteiger charge is -2.15. The summed E-state index contributed by atoms with van der Waals surface area (Å²) in [6.45, 7) is 6.05. The minimum absolute atomic E-state index is 0.125. The van der Waals surface area contributed by atoms with Crippen LogP contribution in [0.15, 0.2) is 66.3 Å². The van der Waals surface area contributed by atoms with Gasteiger partial charge < -0.3 is 24.7 Å². The molecule has 2 amide bonds. The lowest BCUT2D eigenvalue weighted by atomic mass is 10.2. The number of nitrogens with one attached hydrogen (secondary N) is 2. The van der Waals surface area contributed by atoms with E-state index in [-0.39, 0.29) is 17.6 Å². The maximum Gasteiger partial charge on any atom is 0.251 e. The number of para-hydroxylation sites is 2. The van der Waals surface area contributed by atoms with E-state index in [1.807, 2.05) is 23.6 Å². The topological polar surface area (TPSA) is 107 Å². The van der Waals surface area contributed by atoms with E-state index in [0.29, 0.717) is 40.3 Å². The smallest absolute Gasteiger partial charge is 0.251 e. The summed E-state index contributed by atoms with van der Waals surface area (Å²) in [5, 5.41) is 14.8. The van der Waals surface area contributed by atoms with E-state index < -0.39 is 6.04 Å². The van der Waals surface area contributed by atoms with Crippen molar-refractivity contribution in [3.8, 4) is 11.5 Å². The molecule has 178 valence electrons. The molecule has 0 aliphatic heterocycles. The van der Waals surface area contributed by atoms with E-state index in [9.17, 15) is 9.59 Å². The molecule has 2 N–H and O–H groups in total. The molecule has 2 aromatic carbocycles. The zero-order valence-electron chi connectivity index (χ0n) is 19.3. The molecular weight excluding hydrogens is 454 g/mol. The van der Waals surface area contributed by atoms with Crippen LogP contribution in [0.2, 0.25) is 0 Å². The molecule has 3 rings (SSSR count). The van der Waals surface area contributed by atoms with Crippen LogP contribution in [0.25, 0.3) is 0 Å². The normalized spacial score (nSPS) is 11.4. The van der Waals surface area contributed by atoms with Gasteiger partial charge in [0, 0.05) is 12.1 Å². The van der Waals surface area contributed by atoms with E-state index in [1.165, 1.54) is 11.8 Å². The van der Waals surface area contributed by atoms with Gasteiger partial charge in [0.05, 0.1) is 31.7 Å². The first-order valence-corrected chi connectivity index (χ1v) is 11.5. The second kappa shape index (κ2) is 11.9. The molecule has 0 radical (unpaired) electrons. The zero-order chi connectivity index (χ0) is 24.5. The van der Waals surface area contributed by atoms with Crippen LogP contribution in [0.3, 0.4) is 0 Å². The number of aromatic nitrogens is 3. The average molecular weight is 482 g/mol. The maximum atomic E-state index is 12.6. The van der Waals surface area contributed by atoms with Gasteiger partial charge in [0.1, 0.15) is 11.5 Å². The summed E-state index contributed by atoms with van der Waals surface area (Å²) in [7, 11) is 3.12. The third-order valence-electron chi connectivity index (χ3n) is 4.86. The summed E-state index contributed by atoms with van der Waals surface area (Å²) >= 11 is 1.25. The first kappa shape index (κ1) is 24.8. The number of ether oxygens (including phenoxy) is 2. The van der Waals surface area contributed by atoms with Gasteiger partial charge in [0.25, 0.3) is 5.91 Å². The molecule has 0 fully saturated rings. The monoisotopic (exact) mass is 481 g/mol. The summed E-state index contributed by atoms with van der Waals surface area (Å²) in [6, 6.07) is 13.6. The van der Waals surface area contributed by atoms with Gasteiger partial charge in [-0.25, -0.2) is 0 Å². The third kappa shape index (κ3) is 6.16. The van der Waals surface area contributed by atoms with Crippen molar-refractivity contribution < 1.29 is 19.1 Å². The fourth-order valence-corrected chi connectivity index (χ4v) is 3.93. The summed E-state index contributed by atoms with van der Waals surface area (Å²) in [5.41, 5.74) is 1.10. The predicted molar refractivity (Wildman–Crippen MR) is 131 cm³/mol. The Morgan fingerprint density at radius 2 is 1.85 bits per heavy atom. The molecule has 0 saturated heterocycles. The van der Waals surface area contributed by atoms with Crippen LogP contribution in [-0.4, -0.2) is 46.6 Å². The Labute approximate surface area is 202 Å². The van der Waals surface area contributed by atoms with Gasteiger partial charge in [-0.2, -0.15) is 0 Å². The number of methoxy groups -OCH3 is 2. The van der Waals surface area contributed by atoms with Crippen molar-refractivity contribution in [3.63, 3.8) is 0 Å². The summed E-state index contributed by atoms with van der Waals surface area (Å²) < 4.78 is 12.2. The molecule has 0 unspecified atom stereocenters. The van der Waals surface area contributed by atoms with Crippen LogP contribution >= 0.6 is 11.8 Å². The standard InChI is InChI=1S/C24H27N5O4S/c1-5-14-29-22(16(2)25-23(31)17-10-12-18(32-3)13-11-17)27-28-24(29)34-15-21(30)26-19-8-6-7-9-20(19)33-4/h5-13,16H,1,14-15H2,2-4H3,(H,25,31)(H,26,30)/t16-/m0/s1. The van der Waals surface area contributed by atoms with Crippen LogP contribution in [0, 0.1) is 0 Å². The van der Waals surface area contributed by atoms with Gasteiger partial charge in [0.2, 0.25) is 5.91 Å². The fourth-order valence-electron chi connectivity index (χ4n) is 3.18. The van der Waals surface area contributed by atoms with E-state index >= 15 is 0 Å². The molecule has 1 atom stereocenters. The minimum atomic E-state index is -0.418. The van der Waals surface area contributed by atoms with E-state index in [4.69, 9.17) is 9.47 Å². The van der Waals surface area contributed by atoms with Crippen molar-refractivity contribution in [3.05, 3.63) is 72.6 Å². The Hall–Kier alpha value is -3.79. The van der Waals surface area contributed by atoms with E-state index in [1.54, 1.807) is 56.7 Å². The number of anilines is 1. The number of hydrogen-bond donors (Lipinski definition) is 2. The second-order valence-electron chi connectivity index (χ2n) is 7.20. The van der Waals surface area contributed by atoms with Crippen LogP contribution in [0.1, 0.15) is 29.1 Å². The van der Waals surface area contributed by atoms with Crippen molar-refractivity contribution in [2.24, 2.45) is 0 Å². The number of carbonyl (C=O) groups is 2. The van der Waals surface area contributed by atoms with Gasteiger partial charge in [-0.3, -0.25) is 9.59 Å². The van der Waals surface area contributed by atoms with Crippen molar-refractivity contribution in [2.75, 3.05) is 25.3 Å². The highest BCUT2D eigenvalue weighted by Crippen LogP contribution is 2.25. The number of nitrogens with zero attached hydrogens (tertiary/aromatic N) is 3. The largest absolute Gasteiger partial charge is 0.497 e. The zero-order valence-corrected chi connectivity index (χ0v) is 20.1. The van der Waals surface area contributed by atoms with Crippen molar-refractivity contribution in [1.82, 2.24) is 20.1 Å². The van der Waals surface area contributed by atoms with Gasteiger partial charge in [0.15, 0.2) is 11.0 Å². The summed E-state index contributed by atoms with van der Waals surface area (Å²) in [4.78, 5) is 25.1. The van der Waals surface area contributed by atoms with E-state index in [2.05, 4.69) is 27.4 Å². The Balaban J connectivity index is 1.66. The van der Waals surface area contributed by atoms with Crippen LogP contribution in [0.5, 0.6) is 11.5 Å². The fraction of sp³-hybridized carbons (Fsp3) is 0.250. The second-order valence-corrected chi connectivity index (χ2v) is 8.14. The number of thioether (sulfide) groups is 1. The molecule has 0 bridgehead atoms. The quantitative estimate of drug-likeness (QED) is 0.318. The van der Waals surface area contributed by atoms with E-state index in [0.717, 1.165) is 0 Å². The highest BCUT2D eigenvalue weighted by molar-refractivity contribution is 7.99. The first-order chi connectivity index (χ1) is 16.5. The molecule has 1 heterocycles. The third-order valence-corrected chi connectivity index (χ3v) is 5.82. The minimum Gasteiger partial charge on any atom is -0.497 e. The van der Waals surface area contributed by atoms with Crippen LogP contribution in [-0.2, 0) is 11.3 Å². The molecule has 1 aromatic heterocycles. The number of rotatable bonds is 11. The van der Waals surface area contributed by atoms with Crippen molar-refractivity contribution in [2.45, 2.75) is 24.7 Å². The van der Waals surface area contributed by atoms with Gasteiger partial charge in [-0.1, -0.05) is 30.0 Å². The lowest BCUT2D eigenvalue weighted by Crippen LogP contribution is -2.28. The Kier molecular flexibility index (Phi) is 8.69. The van der Waals surface area contributed by atoms with Crippen LogP contribution in [0.4, 0.5) is 5.69 Å². The molecule has 0 aliphatic carbocycles. The highest BCUT2D eigenvalue weighted by atomic mass is 32.2. The van der Waals surface area contributed by atoms with Gasteiger partial charge in [-0.15, -0.1) is 16.8 Å². The lowest BCUT2D eigenvalue weighted by molar-refractivity contribution is -0.113. The first-order valence-electron chi connectivity index (χ1n) is 10.5. The SMILES string of the molecule is C=CCn1c(SCC(=O)Nc2ccccc2OC)nnc1[C@H](C)NC(=O)c1ccc(OC)cc1. The number of carbonyl (C=O) groups excluding carboxylic acids is 2. The molecular formula is C24H27N5O4S. The number of amides is 2. The summed E-state index contributed by atoms with van der Waals surface area (Å²) in [5.74, 6) is 1.50. The highest BCUT2D eigenvalue weighted by Gasteiger charge is 2.20.